The number of benzene rings is 1. The molecule has 6 nitrogen and oxygen atoms in total. The van der Waals surface area contributed by atoms with E-state index in [1.165, 1.54) is 5.56 Å². The molecule has 0 unspecified atom stereocenters. The lowest BCUT2D eigenvalue weighted by Crippen LogP contribution is -2.02. The molecule has 1 aliphatic heterocycles. The van der Waals surface area contributed by atoms with Gasteiger partial charge in [0.2, 0.25) is 0 Å². The summed E-state index contributed by atoms with van der Waals surface area (Å²) in [5.74, 6) is 0.320. The molecular weight excluding hydrogens is 266 g/mol. The summed E-state index contributed by atoms with van der Waals surface area (Å²) in [5.41, 5.74) is 3.13. The van der Waals surface area contributed by atoms with Gasteiger partial charge in [-0.25, -0.2) is 8.42 Å². The molecule has 0 atom stereocenters. The summed E-state index contributed by atoms with van der Waals surface area (Å²) < 4.78 is 27.4. The Labute approximate surface area is 110 Å². The first-order chi connectivity index (χ1) is 9.01. The maximum atomic E-state index is 11.2. The molecule has 0 spiro atoms. The second-order valence-corrected chi connectivity index (χ2v) is 6.77. The van der Waals surface area contributed by atoms with Gasteiger partial charge in [0.1, 0.15) is 5.75 Å². The first kappa shape index (κ1) is 12.2. The molecule has 100 valence electrons. The lowest BCUT2D eigenvalue weighted by molar-refractivity contribution is 0.424. The first-order valence-corrected chi connectivity index (χ1v) is 7.95. The van der Waals surface area contributed by atoms with Gasteiger partial charge in [-0.2, -0.15) is 4.98 Å². The summed E-state index contributed by atoms with van der Waals surface area (Å²) >= 11 is 0. The number of nitrogens with one attached hydrogen (secondary N) is 1. The molecule has 3 rings (SSSR count). The fourth-order valence-electron chi connectivity index (χ4n) is 2.09. The fraction of sp³-hybridized carbons (Fsp3) is 0.333. The van der Waals surface area contributed by atoms with E-state index in [-0.39, 0.29) is 11.6 Å². The van der Waals surface area contributed by atoms with E-state index in [4.69, 9.17) is 4.52 Å². The van der Waals surface area contributed by atoms with Crippen LogP contribution in [0.5, 0.6) is 0 Å². The highest BCUT2D eigenvalue weighted by molar-refractivity contribution is 7.89. The molecule has 1 aromatic carbocycles. The van der Waals surface area contributed by atoms with E-state index in [9.17, 15) is 8.42 Å². The van der Waals surface area contributed by atoms with Crippen molar-refractivity contribution in [3.8, 4) is 11.5 Å². The molecule has 19 heavy (non-hydrogen) atoms. The number of hydrogen-bond acceptors (Lipinski definition) is 6. The molecular formula is C12H13N3O3S. The molecule has 0 radical (unpaired) electrons. The van der Waals surface area contributed by atoms with Crippen molar-refractivity contribution in [2.24, 2.45) is 0 Å². The Morgan fingerprint density at radius 1 is 1.42 bits per heavy atom. The van der Waals surface area contributed by atoms with Crippen LogP contribution in [0.1, 0.15) is 11.4 Å². The van der Waals surface area contributed by atoms with Gasteiger partial charge in [-0.15, -0.1) is 0 Å². The van der Waals surface area contributed by atoms with Crippen molar-refractivity contribution < 1.29 is 12.9 Å². The van der Waals surface area contributed by atoms with Crippen LogP contribution in [0.4, 0.5) is 5.69 Å². The van der Waals surface area contributed by atoms with Crippen LogP contribution >= 0.6 is 0 Å². The summed E-state index contributed by atoms with van der Waals surface area (Å²) in [5, 5.41) is 6.96. The zero-order valence-electron chi connectivity index (χ0n) is 10.4. The lowest BCUT2D eigenvalue weighted by Gasteiger charge is -2.00. The quantitative estimate of drug-likeness (QED) is 0.910. The number of sulfone groups is 1. The van der Waals surface area contributed by atoms with E-state index >= 15 is 0 Å². The standard InChI is InChI=1S/C12H13N3O3S/c1-19(16,17)7-11-14-12(18-15-11)9-3-2-8-4-5-13-10(8)6-9/h2-3,6,13H,4-5,7H2,1H3. The molecule has 0 bridgehead atoms. The van der Waals surface area contributed by atoms with Gasteiger partial charge in [-0.1, -0.05) is 11.2 Å². The minimum Gasteiger partial charge on any atom is -0.384 e. The van der Waals surface area contributed by atoms with E-state index in [1.54, 1.807) is 0 Å². The van der Waals surface area contributed by atoms with Crippen LogP contribution in [0, 0.1) is 0 Å². The van der Waals surface area contributed by atoms with Gasteiger partial charge in [0.05, 0.1) is 0 Å². The first-order valence-electron chi connectivity index (χ1n) is 5.89. The molecule has 0 fully saturated rings. The molecule has 1 aromatic heterocycles. The van der Waals surface area contributed by atoms with E-state index in [1.807, 2.05) is 18.2 Å². The minimum atomic E-state index is -3.15. The number of hydrogen-bond donors (Lipinski definition) is 1. The third-order valence-corrected chi connectivity index (χ3v) is 3.71. The van der Waals surface area contributed by atoms with Crippen LogP contribution in [0.2, 0.25) is 0 Å². The molecule has 7 heteroatoms. The summed E-state index contributed by atoms with van der Waals surface area (Å²) in [6.45, 7) is 0.932. The molecule has 1 aliphatic rings. The van der Waals surface area contributed by atoms with Crippen LogP contribution in [-0.2, 0) is 22.0 Å². The van der Waals surface area contributed by atoms with Crippen LogP contribution in [0.3, 0.4) is 0 Å². The second-order valence-electron chi connectivity index (χ2n) is 4.63. The van der Waals surface area contributed by atoms with Gasteiger partial charge in [0.25, 0.3) is 5.89 Å². The van der Waals surface area contributed by atoms with Gasteiger partial charge in [0, 0.05) is 24.1 Å². The van der Waals surface area contributed by atoms with Gasteiger partial charge < -0.3 is 9.84 Å². The van der Waals surface area contributed by atoms with Crippen molar-refractivity contribution in [3.05, 3.63) is 29.6 Å². The number of nitrogens with zero attached hydrogens (tertiary/aromatic N) is 2. The molecule has 0 saturated heterocycles. The lowest BCUT2D eigenvalue weighted by atomic mass is 10.1. The smallest absolute Gasteiger partial charge is 0.258 e. The Morgan fingerprint density at radius 2 is 2.26 bits per heavy atom. The third-order valence-electron chi connectivity index (χ3n) is 2.93. The van der Waals surface area contributed by atoms with Crippen molar-refractivity contribution in [2.45, 2.75) is 12.2 Å². The Bertz CT molecular complexity index is 722. The third kappa shape index (κ3) is 2.60. The Kier molecular flexibility index (Phi) is 2.78. The average molecular weight is 279 g/mol. The number of fused-ring (bicyclic) bond motifs is 1. The largest absolute Gasteiger partial charge is 0.384 e. The molecule has 0 amide bonds. The topological polar surface area (TPSA) is 85.1 Å². The zero-order valence-corrected chi connectivity index (χ0v) is 11.2. The van der Waals surface area contributed by atoms with E-state index in [0.29, 0.717) is 5.89 Å². The Morgan fingerprint density at radius 3 is 3.05 bits per heavy atom. The average Bonchev–Trinajstić information content (AvgIpc) is 2.93. The highest BCUT2D eigenvalue weighted by Gasteiger charge is 2.16. The maximum absolute atomic E-state index is 11.2. The summed E-state index contributed by atoms with van der Waals surface area (Å²) in [4.78, 5) is 4.11. The van der Waals surface area contributed by atoms with Crippen molar-refractivity contribution in [1.29, 1.82) is 0 Å². The minimum absolute atomic E-state index is 0.186. The molecule has 1 N–H and O–H groups in total. The predicted octanol–water partition coefficient (Wildman–Crippen LogP) is 1.25. The van der Waals surface area contributed by atoms with Crippen LogP contribution in [0.15, 0.2) is 22.7 Å². The van der Waals surface area contributed by atoms with Gasteiger partial charge in [0.15, 0.2) is 15.7 Å². The van der Waals surface area contributed by atoms with E-state index in [0.717, 1.165) is 30.5 Å². The van der Waals surface area contributed by atoms with Gasteiger partial charge in [-0.3, -0.25) is 0 Å². The van der Waals surface area contributed by atoms with Crippen LogP contribution in [0.25, 0.3) is 11.5 Å². The summed E-state index contributed by atoms with van der Waals surface area (Å²) in [6, 6.07) is 5.87. The number of anilines is 1. The second kappa shape index (κ2) is 4.34. The number of rotatable bonds is 3. The molecule has 2 heterocycles. The zero-order chi connectivity index (χ0) is 13.5. The monoisotopic (exact) mass is 279 g/mol. The van der Waals surface area contributed by atoms with Gasteiger partial charge >= 0.3 is 0 Å². The summed E-state index contributed by atoms with van der Waals surface area (Å²) in [6.07, 6.45) is 2.15. The normalized spacial score (nSPS) is 14.2. The highest BCUT2D eigenvalue weighted by atomic mass is 32.2. The fourth-order valence-corrected chi connectivity index (χ4v) is 2.67. The van der Waals surface area contributed by atoms with Crippen molar-refractivity contribution in [1.82, 2.24) is 10.1 Å². The molecule has 0 aliphatic carbocycles. The molecule has 0 saturated carbocycles. The highest BCUT2D eigenvalue weighted by Crippen LogP contribution is 2.28. The Hall–Kier alpha value is -1.89. The predicted molar refractivity (Wildman–Crippen MR) is 70.5 cm³/mol. The van der Waals surface area contributed by atoms with Crippen LogP contribution in [-0.4, -0.2) is 31.4 Å². The Balaban J connectivity index is 1.90. The number of aromatic nitrogens is 2. The van der Waals surface area contributed by atoms with Crippen molar-refractivity contribution in [3.63, 3.8) is 0 Å². The maximum Gasteiger partial charge on any atom is 0.258 e. The molecule has 2 aromatic rings. The van der Waals surface area contributed by atoms with Crippen LogP contribution < -0.4 is 5.32 Å². The van der Waals surface area contributed by atoms with E-state index < -0.39 is 9.84 Å². The van der Waals surface area contributed by atoms with Crippen molar-refractivity contribution in [2.75, 3.05) is 18.1 Å². The van der Waals surface area contributed by atoms with E-state index in [2.05, 4.69) is 15.5 Å². The summed E-state index contributed by atoms with van der Waals surface area (Å²) in [7, 11) is -3.15. The van der Waals surface area contributed by atoms with Crippen molar-refractivity contribution >= 4 is 15.5 Å². The van der Waals surface area contributed by atoms with Gasteiger partial charge in [-0.05, 0) is 24.1 Å². The SMILES string of the molecule is CS(=O)(=O)Cc1noc(-c2ccc3c(c2)NCC3)n1.